The molecule has 22 heavy (non-hydrogen) atoms. The van der Waals surface area contributed by atoms with Crippen LogP contribution in [0.4, 0.5) is 0 Å². The number of carbonyl (C=O) groups is 1. The fourth-order valence-electron chi connectivity index (χ4n) is 2.39. The summed E-state index contributed by atoms with van der Waals surface area (Å²) in [5, 5.41) is 6.92. The number of nitrogens with one attached hydrogen (secondary N) is 1. The van der Waals surface area contributed by atoms with Crippen LogP contribution in [0.3, 0.4) is 0 Å². The number of piperazine rings is 1. The fourth-order valence-corrected chi connectivity index (χ4v) is 3.22. The zero-order valence-electron chi connectivity index (χ0n) is 13.0. The average molecular weight is 329 g/mol. The van der Waals surface area contributed by atoms with Crippen molar-refractivity contribution in [2.75, 3.05) is 45.5 Å². The molecule has 0 spiro atoms. The summed E-state index contributed by atoms with van der Waals surface area (Å²) in [5.41, 5.74) is 1.02. The first kappa shape index (κ1) is 16.9. The lowest BCUT2D eigenvalue weighted by Gasteiger charge is -2.33. The van der Waals surface area contributed by atoms with Crippen molar-refractivity contribution in [3.8, 4) is 0 Å². The van der Waals surface area contributed by atoms with E-state index in [1.807, 2.05) is 13.1 Å². The molecule has 1 N–H and O–H groups in total. The van der Waals surface area contributed by atoms with Gasteiger partial charge in [-0.15, -0.1) is 0 Å². The molecule has 1 aromatic heterocycles. The largest absolute Gasteiger partial charge is 0.353 e. The molecule has 124 valence electrons. The Hall–Kier alpha value is -1.45. The SMILES string of the molecule is Cc1cnn(CC(=O)NCCN2CCN(S(C)(=O)=O)CC2)c1. The van der Waals surface area contributed by atoms with Gasteiger partial charge in [0.15, 0.2) is 0 Å². The van der Waals surface area contributed by atoms with E-state index in [1.165, 1.54) is 10.6 Å². The lowest BCUT2D eigenvalue weighted by molar-refractivity contribution is -0.121. The van der Waals surface area contributed by atoms with Gasteiger partial charge in [-0.25, -0.2) is 8.42 Å². The van der Waals surface area contributed by atoms with E-state index in [1.54, 1.807) is 10.9 Å². The molecule has 0 radical (unpaired) electrons. The number of hydrogen-bond acceptors (Lipinski definition) is 5. The molecule has 1 saturated heterocycles. The van der Waals surface area contributed by atoms with Crippen molar-refractivity contribution in [2.24, 2.45) is 0 Å². The van der Waals surface area contributed by atoms with Gasteiger partial charge in [0.05, 0.1) is 12.5 Å². The number of nitrogens with zero attached hydrogens (tertiary/aromatic N) is 4. The van der Waals surface area contributed by atoms with Crippen LogP contribution in [0, 0.1) is 6.92 Å². The summed E-state index contributed by atoms with van der Waals surface area (Å²) >= 11 is 0. The van der Waals surface area contributed by atoms with E-state index < -0.39 is 10.0 Å². The van der Waals surface area contributed by atoms with Crippen molar-refractivity contribution in [3.05, 3.63) is 18.0 Å². The highest BCUT2D eigenvalue weighted by Gasteiger charge is 2.22. The van der Waals surface area contributed by atoms with Crippen LogP contribution in [0.25, 0.3) is 0 Å². The number of sulfonamides is 1. The predicted octanol–water partition coefficient (Wildman–Crippen LogP) is -1.12. The first-order valence-electron chi connectivity index (χ1n) is 7.28. The van der Waals surface area contributed by atoms with E-state index in [9.17, 15) is 13.2 Å². The third kappa shape index (κ3) is 5.08. The molecule has 0 unspecified atom stereocenters. The molecule has 0 saturated carbocycles. The van der Waals surface area contributed by atoms with E-state index in [0.717, 1.165) is 12.1 Å². The highest BCUT2D eigenvalue weighted by molar-refractivity contribution is 7.88. The van der Waals surface area contributed by atoms with Gasteiger partial charge in [0.25, 0.3) is 0 Å². The number of rotatable bonds is 6. The predicted molar refractivity (Wildman–Crippen MR) is 82.8 cm³/mol. The Morgan fingerprint density at radius 2 is 2.00 bits per heavy atom. The van der Waals surface area contributed by atoms with Crippen LogP contribution in [0.15, 0.2) is 12.4 Å². The highest BCUT2D eigenvalue weighted by atomic mass is 32.2. The fraction of sp³-hybridized carbons (Fsp3) is 0.692. The lowest BCUT2D eigenvalue weighted by Crippen LogP contribution is -2.50. The zero-order valence-corrected chi connectivity index (χ0v) is 13.8. The Morgan fingerprint density at radius 3 is 2.55 bits per heavy atom. The van der Waals surface area contributed by atoms with Crippen LogP contribution >= 0.6 is 0 Å². The lowest BCUT2D eigenvalue weighted by atomic mass is 10.3. The maximum Gasteiger partial charge on any atom is 0.241 e. The number of carbonyl (C=O) groups excluding carboxylic acids is 1. The van der Waals surface area contributed by atoms with E-state index in [-0.39, 0.29) is 12.5 Å². The molecule has 2 heterocycles. The summed E-state index contributed by atoms with van der Waals surface area (Å²) < 4.78 is 25.9. The smallest absolute Gasteiger partial charge is 0.241 e. The second kappa shape index (κ2) is 7.21. The molecule has 9 heteroatoms. The molecule has 1 aliphatic heterocycles. The first-order chi connectivity index (χ1) is 10.3. The minimum Gasteiger partial charge on any atom is -0.353 e. The Kier molecular flexibility index (Phi) is 5.54. The second-order valence-electron chi connectivity index (χ2n) is 5.57. The van der Waals surface area contributed by atoms with Crippen LogP contribution in [0.2, 0.25) is 0 Å². The zero-order chi connectivity index (χ0) is 16.2. The maximum absolute atomic E-state index is 11.8. The van der Waals surface area contributed by atoms with E-state index in [4.69, 9.17) is 0 Å². The summed E-state index contributed by atoms with van der Waals surface area (Å²) in [6, 6.07) is 0. The molecule has 0 aliphatic carbocycles. The quantitative estimate of drug-likeness (QED) is 0.715. The minimum absolute atomic E-state index is 0.0714. The third-order valence-electron chi connectivity index (χ3n) is 3.62. The van der Waals surface area contributed by atoms with Crippen molar-refractivity contribution in [1.82, 2.24) is 24.3 Å². The molecule has 0 aromatic carbocycles. The minimum atomic E-state index is -3.09. The van der Waals surface area contributed by atoms with Crippen molar-refractivity contribution >= 4 is 15.9 Å². The summed E-state index contributed by atoms with van der Waals surface area (Å²) in [4.78, 5) is 13.9. The van der Waals surface area contributed by atoms with Crippen LogP contribution in [-0.4, -0.2) is 78.8 Å². The van der Waals surface area contributed by atoms with Crippen molar-refractivity contribution in [1.29, 1.82) is 0 Å². The Bertz CT molecular complexity index is 605. The van der Waals surface area contributed by atoms with Gasteiger partial charge < -0.3 is 5.32 Å². The molecule has 1 amide bonds. The first-order valence-corrected chi connectivity index (χ1v) is 9.12. The van der Waals surface area contributed by atoms with E-state index >= 15 is 0 Å². The number of amides is 1. The monoisotopic (exact) mass is 329 g/mol. The summed E-state index contributed by atoms with van der Waals surface area (Å²) in [6.45, 7) is 5.84. The number of aromatic nitrogens is 2. The Labute approximate surface area is 131 Å². The third-order valence-corrected chi connectivity index (χ3v) is 4.92. The summed E-state index contributed by atoms with van der Waals surface area (Å²) in [6.07, 6.45) is 4.78. The average Bonchev–Trinajstić information content (AvgIpc) is 2.83. The second-order valence-corrected chi connectivity index (χ2v) is 7.55. The normalized spacial score (nSPS) is 17.5. The van der Waals surface area contributed by atoms with Gasteiger partial charge >= 0.3 is 0 Å². The van der Waals surface area contributed by atoms with Crippen LogP contribution in [-0.2, 0) is 21.4 Å². The van der Waals surface area contributed by atoms with Crippen LogP contribution < -0.4 is 5.32 Å². The number of aryl methyl sites for hydroxylation is 1. The molecule has 0 atom stereocenters. The Morgan fingerprint density at radius 1 is 1.32 bits per heavy atom. The van der Waals surface area contributed by atoms with Crippen molar-refractivity contribution < 1.29 is 13.2 Å². The van der Waals surface area contributed by atoms with Gasteiger partial charge in [-0.3, -0.25) is 14.4 Å². The molecule has 0 bridgehead atoms. The molecular formula is C13H23N5O3S. The molecule has 2 rings (SSSR count). The molecule has 1 fully saturated rings. The maximum atomic E-state index is 11.8. The summed E-state index contributed by atoms with van der Waals surface area (Å²) in [5.74, 6) is -0.0714. The highest BCUT2D eigenvalue weighted by Crippen LogP contribution is 2.05. The van der Waals surface area contributed by atoms with Gasteiger partial charge in [-0.2, -0.15) is 9.40 Å². The van der Waals surface area contributed by atoms with Crippen LogP contribution in [0.1, 0.15) is 5.56 Å². The van der Waals surface area contributed by atoms with Gasteiger partial charge in [0.2, 0.25) is 15.9 Å². The van der Waals surface area contributed by atoms with Crippen molar-refractivity contribution in [3.63, 3.8) is 0 Å². The van der Waals surface area contributed by atoms with Crippen LogP contribution in [0.5, 0.6) is 0 Å². The van der Waals surface area contributed by atoms with Gasteiger partial charge in [0, 0.05) is 45.5 Å². The molecule has 8 nitrogen and oxygen atoms in total. The van der Waals surface area contributed by atoms with E-state index in [0.29, 0.717) is 32.7 Å². The number of hydrogen-bond donors (Lipinski definition) is 1. The molecule has 1 aliphatic rings. The standard InChI is InChI=1S/C13H23N5O3S/c1-12-9-15-17(10-12)11-13(19)14-3-4-16-5-7-18(8-6-16)22(2,20)21/h9-10H,3-8,11H2,1-2H3,(H,14,19). The van der Waals surface area contributed by atoms with Gasteiger partial charge in [0.1, 0.15) is 6.54 Å². The van der Waals surface area contributed by atoms with Gasteiger partial charge in [-0.1, -0.05) is 0 Å². The Balaban J connectivity index is 1.64. The van der Waals surface area contributed by atoms with Gasteiger partial charge in [-0.05, 0) is 12.5 Å². The van der Waals surface area contributed by atoms with Crippen molar-refractivity contribution in [2.45, 2.75) is 13.5 Å². The summed E-state index contributed by atoms with van der Waals surface area (Å²) in [7, 11) is -3.09. The molecule has 1 aromatic rings. The topological polar surface area (TPSA) is 87.5 Å². The van der Waals surface area contributed by atoms with E-state index in [2.05, 4.69) is 15.3 Å². The molecular weight excluding hydrogens is 306 g/mol.